The highest BCUT2D eigenvalue weighted by Crippen LogP contribution is 2.31. The number of aromatic hydroxyl groups is 2. The van der Waals surface area contributed by atoms with E-state index in [2.05, 4.69) is 13.8 Å². The maximum absolute atomic E-state index is 9.75. The Kier molecular flexibility index (Phi) is 9.09. The van der Waals surface area contributed by atoms with Crippen molar-refractivity contribution in [1.82, 2.24) is 9.97 Å². The van der Waals surface area contributed by atoms with Gasteiger partial charge in [-0.05, 0) is 74.2 Å². The summed E-state index contributed by atoms with van der Waals surface area (Å²) in [6.07, 6.45) is 11.1. The van der Waals surface area contributed by atoms with Crippen LogP contribution < -0.4 is 0 Å². The molecular formula is C28H36N2O2. The lowest BCUT2D eigenvalue weighted by molar-refractivity contribution is 0.475. The zero-order chi connectivity index (χ0) is 22.8. The Labute approximate surface area is 192 Å². The standard InChI is InChI=1S/C28H36N2O2/c1-3-5-7-9-11-25-27(21-13-17-23(31)18-14-21)30-26(12-10-8-6-4-2)28(29-25)22-15-19-24(32)20-16-22/h13-20,31-32H,3-12H2,1-2H3. The Morgan fingerprint density at radius 3 is 1.25 bits per heavy atom. The van der Waals surface area contributed by atoms with E-state index >= 15 is 0 Å². The second-order valence-corrected chi connectivity index (χ2v) is 8.53. The monoisotopic (exact) mass is 432 g/mol. The molecule has 0 aliphatic heterocycles. The van der Waals surface area contributed by atoms with Gasteiger partial charge < -0.3 is 10.2 Å². The fourth-order valence-electron chi connectivity index (χ4n) is 3.99. The van der Waals surface area contributed by atoms with Gasteiger partial charge in [0.15, 0.2) is 0 Å². The minimum absolute atomic E-state index is 0.256. The fourth-order valence-corrected chi connectivity index (χ4v) is 3.99. The zero-order valence-electron chi connectivity index (χ0n) is 19.5. The van der Waals surface area contributed by atoms with Gasteiger partial charge in [0, 0.05) is 11.1 Å². The molecule has 0 saturated carbocycles. The zero-order valence-corrected chi connectivity index (χ0v) is 19.5. The lowest BCUT2D eigenvalue weighted by atomic mass is 10.00. The number of hydrogen-bond donors (Lipinski definition) is 2. The highest BCUT2D eigenvalue weighted by molar-refractivity contribution is 5.68. The van der Waals surface area contributed by atoms with Crippen molar-refractivity contribution in [2.45, 2.75) is 78.1 Å². The van der Waals surface area contributed by atoms with E-state index in [9.17, 15) is 10.2 Å². The molecule has 2 aromatic carbocycles. The Hall–Kier alpha value is -2.88. The Morgan fingerprint density at radius 2 is 0.906 bits per heavy atom. The predicted octanol–water partition coefficient (Wildman–Crippen LogP) is 7.47. The number of benzene rings is 2. The minimum atomic E-state index is 0.256. The average molecular weight is 433 g/mol. The second-order valence-electron chi connectivity index (χ2n) is 8.53. The molecule has 0 aliphatic carbocycles. The van der Waals surface area contributed by atoms with E-state index in [4.69, 9.17) is 9.97 Å². The predicted molar refractivity (Wildman–Crippen MR) is 132 cm³/mol. The van der Waals surface area contributed by atoms with E-state index in [1.165, 1.54) is 38.5 Å². The van der Waals surface area contributed by atoms with Crippen molar-refractivity contribution in [2.24, 2.45) is 0 Å². The number of hydrogen-bond acceptors (Lipinski definition) is 4. The Balaban J connectivity index is 2.04. The van der Waals surface area contributed by atoms with E-state index in [0.29, 0.717) is 0 Å². The van der Waals surface area contributed by atoms with E-state index in [0.717, 1.165) is 59.6 Å². The maximum Gasteiger partial charge on any atom is 0.115 e. The largest absolute Gasteiger partial charge is 0.508 e. The van der Waals surface area contributed by atoms with Crippen LogP contribution in [0.15, 0.2) is 48.5 Å². The van der Waals surface area contributed by atoms with Crippen LogP contribution in [-0.4, -0.2) is 20.2 Å². The molecule has 3 rings (SSSR count). The topological polar surface area (TPSA) is 66.2 Å². The molecule has 0 spiro atoms. The van der Waals surface area contributed by atoms with Crippen molar-refractivity contribution in [3.63, 3.8) is 0 Å². The molecule has 2 N–H and O–H groups in total. The van der Waals surface area contributed by atoms with Crippen molar-refractivity contribution >= 4 is 0 Å². The van der Waals surface area contributed by atoms with Gasteiger partial charge in [-0.1, -0.05) is 52.4 Å². The van der Waals surface area contributed by atoms with Crippen molar-refractivity contribution in [1.29, 1.82) is 0 Å². The van der Waals surface area contributed by atoms with Gasteiger partial charge >= 0.3 is 0 Å². The molecule has 0 unspecified atom stereocenters. The van der Waals surface area contributed by atoms with Crippen LogP contribution >= 0.6 is 0 Å². The molecule has 3 aromatic rings. The summed E-state index contributed by atoms with van der Waals surface area (Å²) in [7, 11) is 0. The molecule has 0 radical (unpaired) electrons. The van der Waals surface area contributed by atoms with Crippen LogP contribution in [0.1, 0.15) is 76.6 Å². The number of rotatable bonds is 12. The maximum atomic E-state index is 9.75. The first-order valence-corrected chi connectivity index (χ1v) is 12.1. The minimum Gasteiger partial charge on any atom is -0.508 e. The van der Waals surface area contributed by atoms with Gasteiger partial charge in [-0.25, -0.2) is 9.97 Å². The molecule has 0 fully saturated rings. The second kappa shape index (κ2) is 12.2. The molecule has 0 atom stereocenters. The number of aryl methyl sites for hydroxylation is 2. The highest BCUT2D eigenvalue weighted by atomic mass is 16.3. The molecule has 0 aliphatic rings. The third kappa shape index (κ3) is 6.56. The molecule has 4 nitrogen and oxygen atoms in total. The average Bonchev–Trinajstić information content (AvgIpc) is 2.81. The van der Waals surface area contributed by atoms with Gasteiger partial charge in [0.1, 0.15) is 11.5 Å². The smallest absolute Gasteiger partial charge is 0.115 e. The van der Waals surface area contributed by atoms with Gasteiger partial charge in [-0.3, -0.25) is 0 Å². The summed E-state index contributed by atoms with van der Waals surface area (Å²) in [4.78, 5) is 10.3. The van der Waals surface area contributed by atoms with Crippen LogP contribution in [0.5, 0.6) is 11.5 Å². The summed E-state index contributed by atoms with van der Waals surface area (Å²) in [5.41, 5.74) is 5.85. The molecule has 1 aromatic heterocycles. The summed E-state index contributed by atoms with van der Waals surface area (Å²) in [6, 6.07) is 14.6. The van der Waals surface area contributed by atoms with Crippen LogP contribution in [0.4, 0.5) is 0 Å². The third-order valence-electron chi connectivity index (χ3n) is 5.86. The van der Waals surface area contributed by atoms with Gasteiger partial charge in [0.2, 0.25) is 0 Å². The van der Waals surface area contributed by atoms with Gasteiger partial charge in [0.25, 0.3) is 0 Å². The molecule has 32 heavy (non-hydrogen) atoms. The quantitative estimate of drug-likeness (QED) is 0.291. The summed E-state index contributed by atoms with van der Waals surface area (Å²) >= 11 is 0. The third-order valence-corrected chi connectivity index (χ3v) is 5.86. The SMILES string of the molecule is CCCCCCc1nc(-c2ccc(O)cc2)c(CCCCCC)nc1-c1ccc(O)cc1. The van der Waals surface area contributed by atoms with Crippen molar-refractivity contribution < 1.29 is 10.2 Å². The summed E-state index contributed by atoms with van der Waals surface area (Å²) < 4.78 is 0. The first-order valence-electron chi connectivity index (χ1n) is 12.1. The van der Waals surface area contributed by atoms with Crippen LogP contribution in [0, 0.1) is 0 Å². The summed E-state index contributed by atoms with van der Waals surface area (Å²) in [5.74, 6) is 0.512. The molecule has 4 heteroatoms. The van der Waals surface area contributed by atoms with E-state index < -0.39 is 0 Å². The number of nitrogens with zero attached hydrogens (tertiary/aromatic N) is 2. The first kappa shape index (κ1) is 23.8. The number of phenolic OH excluding ortho intramolecular Hbond substituents is 2. The lowest BCUT2D eigenvalue weighted by Crippen LogP contribution is -2.06. The molecule has 0 amide bonds. The van der Waals surface area contributed by atoms with Gasteiger partial charge in [0.05, 0.1) is 22.8 Å². The summed E-state index contributed by atoms with van der Waals surface area (Å²) in [6.45, 7) is 4.44. The van der Waals surface area contributed by atoms with Crippen molar-refractivity contribution in [2.75, 3.05) is 0 Å². The molecule has 170 valence electrons. The fraction of sp³-hybridized carbons (Fsp3) is 0.429. The summed E-state index contributed by atoms with van der Waals surface area (Å²) in [5, 5.41) is 19.5. The molecular weight excluding hydrogens is 396 g/mol. The molecule has 0 bridgehead atoms. The van der Waals surface area contributed by atoms with Crippen LogP contribution in [0.25, 0.3) is 22.5 Å². The highest BCUT2D eigenvalue weighted by Gasteiger charge is 2.17. The van der Waals surface area contributed by atoms with Crippen molar-refractivity contribution in [3.8, 4) is 34.0 Å². The molecule has 0 saturated heterocycles. The van der Waals surface area contributed by atoms with Gasteiger partial charge in [-0.15, -0.1) is 0 Å². The number of unbranched alkanes of at least 4 members (excludes halogenated alkanes) is 6. The van der Waals surface area contributed by atoms with Gasteiger partial charge in [-0.2, -0.15) is 0 Å². The van der Waals surface area contributed by atoms with E-state index in [1.807, 2.05) is 24.3 Å². The number of phenols is 2. The van der Waals surface area contributed by atoms with E-state index in [1.54, 1.807) is 24.3 Å². The lowest BCUT2D eigenvalue weighted by Gasteiger charge is -2.16. The van der Waals surface area contributed by atoms with Crippen LogP contribution in [0.3, 0.4) is 0 Å². The number of aromatic nitrogens is 2. The first-order chi connectivity index (χ1) is 15.6. The Morgan fingerprint density at radius 1 is 0.531 bits per heavy atom. The van der Waals surface area contributed by atoms with Crippen molar-refractivity contribution in [3.05, 3.63) is 59.9 Å². The van der Waals surface area contributed by atoms with Crippen LogP contribution in [0.2, 0.25) is 0 Å². The van der Waals surface area contributed by atoms with Crippen LogP contribution in [-0.2, 0) is 12.8 Å². The normalized spacial score (nSPS) is 11.1. The van der Waals surface area contributed by atoms with E-state index in [-0.39, 0.29) is 11.5 Å². The Bertz CT molecular complexity index is 885. The molecule has 1 heterocycles.